The third-order valence-corrected chi connectivity index (χ3v) is 4.26. The van der Waals surface area contributed by atoms with Crippen LogP contribution in [0.25, 0.3) is 17.3 Å². The highest BCUT2D eigenvalue weighted by Gasteiger charge is 2.07. The fourth-order valence-corrected chi connectivity index (χ4v) is 2.88. The number of hydrogen-bond acceptors (Lipinski definition) is 2. The van der Waals surface area contributed by atoms with E-state index in [0.29, 0.717) is 13.2 Å². The molecule has 2 aromatic carbocycles. The van der Waals surface area contributed by atoms with Crippen LogP contribution in [0.4, 0.5) is 0 Å². The summed E-state index contributed by atoms with van der Waals surface area (Å²) in [5.41, 5.74) is 4.79. The molecule has 1 heterocycles. The molecule has 3 heteroatoms. The molecule has 3 aromatic rings. The van der Waals surface area contributed by atoms with Gasteiger partial charge in [0.2, 0.25) is 0 Å². The van der Waals surface area contributed by atoms with Crippen molar-refractivity contribution in [3.8, 4) is 17.0 Å². The molecule has 1 aromatic heterocycles. The Balaban J connectivity index is 1.60. The molecule has 0 fully saturated rings. The van der Waals surface area contributed by atoms with E-state index in [1.165, 1.54) is 17.0 Å². The molecule has 134 valence electrons. The standard InChI is InChI=1S/C23H25NO2/c1-3-25-17-15-20-10-12-22(13-11-20)26-18-16-24-19(2)9-14-23(24)21-7-5-4-6-8-21/h4-15,17H,3,16,18H2,1-2H3. The molecular weight excluding hydrogens is 322 g/mol. The number of hydrogen-bond donors (Lipinski definition) is 0. The molecule has 0 N–H and O–H groups in total. The highest BCUT2D eigenvalue weighted by molar-refractivity contribution is 5.60. The molecule has 0 radical (unpaired) electrons. The molecule has 0 spiro atoms. The number of aromatic nitrogens is 1. The molecule has 0 amide bonds. The third-order valence-electron chi connectivity index (χ3n) is 4.26. The number of ether oxygens (including phenoxy) is 2. The Hall–Kier alpha value is -2.94. The molecular formula is C23H25NO2. The lowest BCUT2D eigenvalue weighted by Crippen LogP contribution is -2.10. The first-order chi connectivity index (χ1) is 12.8. The molecule has 26 heavy (non-hydrogen) atoms. The Kier molecular flexibility index (Phi) is 6.15. The van der Waals surface area contributed by atoms with E-state index in [9.17, 15) is 0 Å². The van der Waals surface area contributed by atoms with Crippen LogP contribution in [0.15, 0.2) is 73.0 Å². The van der Waals surface area contributed by atoms with E-state index in [-0.39, 0.29) is 0 Å². The van der Waals surface area contributed by atoms with Crippen molar-refractivity contribution in [3.05, 3.63) is 84.2 Å². The van der Waals surface area contributed by atoms with Crippen molar-refractivity contribution in [1.82, 2.24) is 4.57 Å². The number of benzene rings is 2. The maximum Gasteiger partial charge on any atom is 0.119 e. The predicted molar refractivity (Wildman–Crippen MR) is 107 cm³/mol. The maximum absolute atomic E-state index is 5.93. The van der Waals surface area contributed by atoms with Gasteiger partial charge in [-0.1, -0.05) is 42.5 Å². The van der Waals surface area contributed by atoms with Gasteiger partial charge in [-0.25, -0.2) is 0 Å². The van der Waals surface area contributed by atoms with Gasteiger partial charge in [-0.05, 0) is 55.3 Å². The Bertz CT molecular complexity index is 832. The Morgan fingerprint density at radius 2 is 1.69 bits per heavy atom. The van der Waals surface area contributed by atoms with Crippen molar-refractivity contribution in [3.63, 3.8) is 0 Å². The zero-order chi connectivity index (χ0) is 18.2. The minimum atomic E-state index is 0.628. The Morgan fingerprint density at radius 3 is 2.42 bits per heavy atom. The fourth-order valence-electron chi connectivity index (χ4n) is 2.88. The first-order valence-electron chi connectivity index (χ1n) is 9.00. The summed E-state index contributed by atoms with van der Waals surface area (Å²) in [6, 6.07) is 22.8. The Morgan fingerprint density at radius 1 is 0.923 bits per heavy atom. The summed E-state index contributed by atoms with van der Waals surface area (Å²) in [5.74, 6) is 0.879. The second-order valence-electron chi connectivity index (χ2n) is 6.05. The van der Waals surface area contributed by atoms with Crippen LogP contribution in [0.3, 0.4) is 0 Å². The first-order valence-corrected chi connectivity index (χ1v) is 9.00. The van der Waals surface area contributed by atoms with Crippen molar-refractivity contribution >= 4 is 6.08 Å². The molecule has 0 atom stereocenters. The smallest absolute Gasteiger partial charge is 0.119 e. The number of nitrogens with zero attached hydrogens (tertiary/aromatic N) is 1. The zero-order valence-corrected chi connectivity index (χ0v) is 15.4. The fraction of sp³-hybridized carbons (Fsp3) is 0.217. The van der Waals surface area contributed by atoms with E-state index >= 15 is 0 Å². The topological polar surface area (TPSA) is 23.4 Å². The van der Waals surface area contributed by atoms with Crippen molar-refractivity contribution in [2.24, 2.45) is 0 Å². The lowest BCUT2D eigenvalue weighted by Gasteiger charge is -2.13. The third kappa shape index (κ3) is 4.57. The molecule has 0 aliphatic heterocycles. The van der Waals surface area contributed by atoms with Gasteiger partial charge in [-0.3, -0.25) is 0 Å². The SMILES string of the molecule is CCOC=Cc1ccc(OCCn2c(C)ccc2-c2ccccc2)cc1. The van der Waals surface area contributed by atoms with Crippen molar-refractivity contribution < 1.29 is 9.47 Å². The van der Waals surface area contributed by atoms with Gasteiger partial charge in [-0.2, -0.15) is 0 Å². The number of aryl methyl sites for hydroxylation is 1. The quantitative estimate of drug-likeness (QED) is 0.499. The van der Waals surface area contributed by atoms with Gasteiger partial charge < -0.3 is 14.0 Å². The Labute approximate surface area is 155 Å². The monoisotopic (exact) mass is 347 g/mol. The summed E-state index contributed by atoms with van der Waals surface area (Å²) in [4.78, 5) is 0. The van der Waals surface area contributed by atoms with Crippen molar-refractivity contribution in [2.45, 2.75) is 20.4 Å². The van der Waals surface area contributed by atoms with Crippen LogP contribution in [-0.4, -0.2) is 17.8 Å². The summed E-state index contributed by atoms with van der Waals surface area (Å²) in [7, 11) is 0. The van der Waals surface area contributed by atoms with E-state index < -0.39 is 0 Å². The zero-order valence-electron chi connectivity index (χ0n) is 15.4. The van der Waals surface area contributed by atoms with Gasteiger partial charge in [0.05, 0.1) is 19.4 Å². The van der Waals surface area contributed by atoms with Crippen LogP contribution in [0.1, 0.15) is 18.2 Å². The highest BCUT2D eigenvalue weighted by atomic mass is 16.5. The van der Waals surface area contributed by atoms with Crippen LogP contribution in [-0.2, 0) is 11.3 Å². The summed E-state index contributed by atoms with van der Waals surface area (Å²) < 4.78 is 13.4. The maximum atomic E-state index is 5.93. The van der Waals surface area contributed by atoms with Gasteiger partial charge in [0.25, 0.3) is 0 Å². The van der Waals surface area contributed by atoms with Crippen LogP contribution in [0.2, 0.25) is 0 Å². The second kappa shape index (κ2) is 8.95. The summed E-state index contributed by atoms with van der Waals surface area (Å²) in [6.45, 7) is 6.23. The van der Waals surface area contributed by atoms with Gasteiger partial charge in [0.15, 0.2) is 0 Å². The van der Waals surface area contributed by atoms with E-state index in [1.807, 2.05) is 43.3 Å². The van der Waals surface area contributed by atoms with Gasteiger partial charge >= 0.3 is 0 Å². The first kappa shape index (κ1) is 17.9. The molecule has 0 aliphatic rings. The largest absolute Gasteiger partial charge is 0.501 e. The molecule has 0 unspecified atom stereocenters. The van der Waals surface area contributed by atoms with Gasteiger partial charge in [0.1, 0.15) is 12.4 Å². The normalized spacial score (nSPS) is 11.0. The minimum Gasteiger partial charge on any atom is -0.501 e. The lowest BCUT2D eigenvalue weighted by atomic mass is 10.1. The van der Waals surface area contributed by atoms with Crippen LogP contribution in [0.5, 0.6) is 5.75 Å². The molecule has 0 aliphatic carbocycles. The van der Waals surface area contributed by atoms with Gasteiger partial charge in [0, 0.05) is 11.4 Å². The van der Waals surface area contributed by atoms with E-state index in [1.54, 1.807) is 6.26 Å². The van der Waals surface area contributed by atoms with E-state index in [0.717, 1.165) is 17.9 Å². The molecule has 0 bridgehead atoms. The minimum absolute atomic E-state index is 0.628. The summed E-state index contributed by atoms with van der Waals surface area (Å²) >= 11 is 0. The van der Waals surface area contributed by atoms with Crippen LogP contribution >= 0.6 is 0 Å². The molecule has 0 saturated carbocycles. The average Bonchev–Trinajstić information content (AvgIpc) is 3.05. The van der Waals surface area contributed by atoms with Crippen molar-refractivity contribution in [1.29, 1.82) is 0 Å². The van der Waals surface area contributed by atoms with Crippen LogP contribution in [0, 0.1) is 6.92 Å². The van der Waals surface area contributed by atoms with Crippen molar-refractivity contribution in [2.75, 3.05) is 13.2 Å². The van der Waals surface area contributed by atoms with E-state index in [4.69, 9.17) is 9.47 Å². The molecule has 3 nitrogen and oxygen atoms in total. The molecule has 0 saturated heterocycles. The average molecular weight is 347 g/mol. The van der Waals surface area contributed by atoms with Gasteiger partial charge in [-0.15, -0.1) is 0 Å². The lowest BCUT2D eigenvalue weighted by molar-refractivity contribution is 0.272. The number of rotatable bonds is 8. The van der Waals surface area contributed by atoms with E-state index in [2.05, 4.69) is 47.9 Å². The molecule has 3 rings (SSSR count). The van der Waals surface area contributed by atoms with Crippen LogP contribution < -0.4 is 4.74 Å². The summed E-state index contributed by atoms with van der Waals surface area (Å²) in [5, 5.41) is 0. The second-order valence-corrected chi connectivity index (χ2v) is 6.05. The predicted octanol–water partition coefficient (Wildman–Crippen LogP) is 5.55. The highest BCUT2D eigenvalue weighted by Crippen LogP contribution is 2.22. The summed E-state index contributed by atoms with van der Waals surface area (Å²) in [6.07, 6.45) is 3.67.